The lowest BCUT2D eigenvalue weighted by atomic mass is 10.1. The van der Waals surface area contributed by atoms with Crippen LogP contribution in [0.4, 0.5) is 0 Å². The van der Waals surface area contributed by atoms with Gasteiger partial charge in [-0.15, -0.1) is 0 Å². The van der Waals surface area contributed by atoms with Crippen LogP contribution in [0.2, 0.25) is 5.15 Å². The number of hydrogen-bond acceptors (Lipinski definition) is 4. The molecule has 1 aromatic heterocycles. The Kier molecular flexibility index (Phi) is 3.84. The highest BCUT2D eigenvalue weighted by Gasteiger charge is 2.29. The van der Waals surface area contributed by atoms with Crippen LogP contribution in [0.25, 0.3) is 0 Å². The Bertz CT molecular complexity index is 598. The van der Waals surface area contributed by atoms with Crippen molar-refractivity contribution in [3.63, 3.8) is 0 Å². The lowest BCUT2D eigenvalue weighted by Crippen LogP contribution is -2.48. The zero-order valence-electron chi connectivity index (χ0n) is 10.6. The Balaban J connectivity index is 2.14. The minimum Gasteiger partial charge on any atom is -0.344 e. The monoisotopic (exact) mass is 306 g/mol. The third-order valence-corrected chi connectivity index (χ3v) is 5.05. The summed E-state index contributed by atoms with van der Waals surface area (Å²) in [5, 5.41) is -0.121. The highest BCUT2D eigenvalue weighted by Crippen LogP contribution is 2.20. The van der Waals surface area contributed by atoms with Crippen LogP contribution in [-0.2, 0) is 21.9 Å². The van der Waals surface area contributed by atoms with Gasteiger partial charge in [0.1, 0.15) is 5.15 Å². The maximum atomic E-state index is 12.1. The number of rotatable bonds is 3. The highest BCUT2D eigenvalue weighted by atomic mass is 35.5. The number of halogens is 1. The number of imidazole rings is 1. The molecule has 1 saturated heterocycles. The summed E-state index contributed by atoms with van der Waals surface area (Å²) in [7, 11) is -0.501. The number of aromatic nitrogens is 2. The van der Waals surface area contributed by atoms with E-state index in [1.165, 1.54) is 15.8 Å². The van der Waals surface area contributed by atoms with Crippen molar-refractivity contribution < 1.29 is 13.2 Å². The normalized spacial score (nSPS) is 20.9. The summed E-state index contributed by atoms with van der Waals surface area (Å²) in [5.41, 5.74) is 0. The second kappa shape index (κ2) is 5.10. The fourth-order valence-corrected chi connectivity index (χ4v) is 3.65. The van der Waals surface area contributed by atoms with Crippen LogP contribution in [0.15, 0.2) is 11.4 Å². The van der Waals surface area contributed by atoms with Crippen LogP contribution < -0.4 is 4.72 Å². The second-order valence-corrected chi connectivity index (χ2v) is 6.57. The summed E-state index contributed by atoms with van der Waals surface area (Å²) in [6, 6.07) is -0.314. The first-order chi connectivity index (χ1) is 8.81. The topological polar surface area (TPSA) is 84.3 Å². The van der Waals surface area contributed by atoms with E-state index in [1.807, 2.05) is 0 Å². The van der Waals surface area contributed by atoms with Crippen LogP contribution in [0.3, 0.4) is 0 Å². The van der Waals surface area contributed by atoms with Gasteiger partial charge in [0.15, 0.2) is 0 Å². The summed E-state index contributed by atoms with van der Waals surface area (Å²) in [6.07, 6.45) is 2.15. The predicted molar refractivity (Wildman–Crippen MR) is 69.2 cm³/mol. The van der Waals surface area contributed by atoms with Crippen molar-refractivity contribution in [1.82, 2.24) is 19.2 Å². The molecule has 19 heavy (non-hydrogen) atoms. The minimum atomic E-state index is -3.76. The number of nitrogens with one attached hydrogen (secondary N) is 1. The Morgan fingerprint density at radius 3 is 2.68 bits per heavy atom. The van der Waals surface area contributed by atoms with E-state index < -0.39 is 10.0 Å². The molecule has 1 aliphatic rings. The molecule has 0 aromatic carbocycles. The van der Waals surface area contributed by atoms with Crippen LogP contribution >= 0.6 is 11.6 Å². The number of likely N-dealkylation sites (tertiary alicyclic amines) is 1. The molecule has 9 heteroatoms. The molecule has 2 rings (SSSR count). The maximum absolute atomic E-state index is 12.1. The number of carbonyl (C=O) groups excluding carboxylic acids is 1. The van der Waals surface area contributed by atoms with E-state index in [2.05, 4.69) is 9.71 Å². The number of likely N-dealkylation sites (N-methyl/N-ethyl adjacent to an activating group) is 1. The van der Waals surface area contributed by atoms with Crippen molar-refractivity contribution in [3.8, 4) is 0 Å². The molecule has 1 atom stereocenters. The molecule has 1 unspecified atom stereocenters. The van der Waals surface area contributed by atoms with Crippen molar-refractivity contribution >= 4 is 27.5 Å². The van der Waals surface area contributed by atoms with Crippen molar-refractivity contribution in [2.24, 2.45) is 7.05 Å². The summed E-state index contributed by atoms with van der Waals surface area (Å²) >= 11 is 5.88. The van der Waals surface area contributed by atoms with Crippen molar-refractivity contribution in [2.45, 2.75) is 23.9 Å². The van der Waals surface area contributed by atoms with Gasteiger partial charge in [0.25, 0.3) is 10.0 Å². The number of carbonyl (C=O) groups is 1. The molecule has 1 amide bonds. The van der Waals surface area contributed by atoms with E-state index in [1.54, 1.807) is 14.1 Å². The Morgan fingerprint density at radius 1 is 1.47 bits per heavy atom. The van der Waals surface area contributed by atoms with Gasteiger partial charge >= 0.3 is 0 Å². The average Bonchev–Trinajstić information content (AvgIpc) is 2.65. The average molecular weight is 307 g/mol. The Morgan fingerprint density at radius 2 is 2.16 bits per heavy atom. The van der Waals surface area contributed by atoms with Gasteiger partial charge in [-0.1, -0.05) is 11.6 Å². The molecule has 1 N–H and O–H groups in total. The van der Waals surface area contributed by atoms with Gasteiger partial charge < -0.3 is 9.47 Å². The minimum absolute atomic E-state index is 0.0197. The van der Waals surface area contributed by atoms with Gasteiger partial charge in [-0.2, -0.15) is 0 Å². The number of aryl methyl sites for hydroxylation is 1. The smallest absolute Gasteiger partial charge is 0.261 e. The molecular weight excluding hydrogens is 292 g/mol. The van der Waals surface area contributed by atoms with Crippen LogP contribution in [0, 0.1) is 0 Å². The van der Waals surface area contributed by atoms with Gasteiger partial charge in [-0.3, -0.25) is 4.79 Å². The Labute approximate surface area is 116 Å². The van der Waals surface area contributed by atoms with Crippen molar-refractivity contribution in [2.75, 3.05) is 13.6 Å². The Hall–Kier alpha value is -1.12. The fraction of sp³-hybridized carbons (Fsp3) is 0.600. The highest BCUT2D eigenvalue weighted by molar-refractivity contribution is 7.89. The zero-order valence-corrected chi connectivity index (χ0v) is 12.2. The third-order valence-electron chi connectivity index (χ3n) is 3.04. The summed E-state index contributed by atoms with van der Waals surface area (Å²) in [6.45, 7) is 0.350. The molecule has 0 aliphatic carbocycles. The molecule has 1 aliphatic heterocycles. The van der Waals surface area contributed by atoms with E-state index in [0.717, 1.165) is 0 Å². The van der Waals surface area contributed by atoms with Crippen LogP contribution in [0.1, 0.15) is 12.8 Å². The van der Waals surface area contributed by atoms with Crippen LogP contribution in [0.5, 0.6) is 0 Å². The standard InChI is InChI=1S/C10H15ClN4O3S/c1-14-5-7(3-4-8(14)16)13-19(17,18)10-9(11)15(2)6-12-10/h6-7,13H,3-5H2,1-2H3. The molecule has 0 bridgehead atoms. The first-order valence-electron chi connectivity index (χ1n) is 5.74. The molecule has 0 spiro atoms. The molecule has 0 saturated carbocycles. The quantitative estimate of drug-likeness (QED) is 0.850. The lowest BCUT2D eigenvalue weighted by molar-refractivity contribution is -0.132. The molecule has 0 radical (unpaired) electrons. The summed E-state index contributed by atoms with van der Waals surface area (Å²) in [5.74, 6) is 0.0197. The second-order valence-electron chi connectivity index (χ2n) is 4.58. The summed E-state index contributed by atoms with van der Waals surface area (Å²) in [4.78, 5) is 16.6. The van der Waals surface area contributed by atoms with E-state index >= 15 is 0 Å². The van der Waals surface area contributed by atoms with Gasteiger partial charge in [-0.05, 0) is 6.42 Å². The van der Waals surface area contributed by atoms with E-state index in [4.69, 9.17) is 11.6 Å². The largest absolute Gasteiger partial charge is 0.344 e. The van der Waals surface area contributed by atoms with E-state index in [0.29, 0.717) is 19.4 Å². The predicted octanol–water partition coefficient (Wildman–Crippen LogP) is -0.0274. The van der Waals surface area contributed by atoms with Gasteiger partial charge in [0.05, 0.1) is 6.33 Å². The van der Waals surface area contributed by atoms with Crippen LogP contribution in [-0.4, -0.2) is 48.4 Å². The first kappa shape index (κ1) is 14.3. The third kappa shape index (κ3) is 2.90. The molecule has 106 valence electrons. The number of piperidine rings is 1. The SMILES string of the molecule is CN1CC(NS(=O)(=O)c2ncn(C)c2Cl)CCC1=O. The first-order valence-corrected chi connectivity index (χ1v) is 7.60. The van der Waals surface area contributed by atoms with Crippen molar-refractivity contribution in [3.05, 3.63) is 11.5 Å². The van der Waals surface area contributed by atoms with Gasteiger partial charge in [0, 0.05) is 33.1 Å². The number of sulfonamides is 1. The number of hydrogen-bond donors (Lipinski definition) is 1. The molecule has 2 heterocycles. The number of amides is 1. The lowest BCUT2D eigenvalue weighted by Gasteiger charge is -2.29. The maximum Gasteiger partial charge on any atom is 0.261 e. The molecule has 1 fully saturated rings. The van der Waals surface area contributed by atoms with Gasteiger partial charge in [0.2, 0.25) is 10.9 Å². The molecular formula is C10H15ClN4O3S. The number of nitrogens with zero attached hydrogens (tertiary/aromatic N) is 3. The van der Waals surface area contributed by atoms with Crippen molar-refractivity contribution in [1.29, 1.82) is 0 Å². The fourth-order valence-electron chi connectivity index (χ4n) is 1.96. The molecule has 7 nitrogen and oxygen atoms in total. The summed E-state index contributed by atoms with van der Waals surface area (Å²) < 4.78 is 28.3. The van der Waals surface area contributed by atoms with Gasteiger partial charge in [-0.25, -0.2) is 18.1 Å². The van der Waals surface area contributed by atoms with E-state index in [9.17, 15) is 13.2 Å². The molecule has 1 aromatic rings. The zero-order chi connectivity index (χ0) is 14.2. The van der Waals surface area contributed by atoms with E-state index in [-0.39, 0.29) is 22.1 Å².